The molecule has 0 saturated carbocycles. The van der Waals surface area contributed by atoms with Crippen molar-refractivity contribution in [1.29, 1.82) is 0 Å². The fourth-order valence-corrected chi connectivity index (χ4v) is 4.99. The average molecular weight is 419 g/mol. The van der Waals surface area contributed by atoms with Crippen LogP contribution in [0.1, 0.15) is 30.4 Å². The Labute approximate surface area is 168 Å². The molecule has 146 valence electrons. The zero-order chi connectivity index (χ0) is 19.7. The number of esters is 1. The molecule has 0 N–H and O–H groups in total. The monoisotopic (exact) mass is 418 g/mol. The first-order chi connectivity index (χ1) is 13.5. The van der Waals surface area contributed by atoms with Crippen LogP contribution >= 0.6 is 11.6 Å². The van der Waals surface area contributed by atoms with E-state index < -0.39 is 22.0 Å². The highest BCUT2D eigenvalue weighted by atomic mass is 35.5. The van der Waals surface area contributed by atoms with E-state index in [-0.39, 0.29) is 11.5 Å². The number of carbonyl (C=O) groups is 1. The Balaban J connectivity index is 1.57. The number of rotatable bonds is 3. The van der Waals surface area contributed by atoms with Gasteiger partial charge in [-0.3, -0.25) is 0 Å². The summed E-state index contributed by atoms with van der Waals surface area (Å²) in [6.45, 7) is 0.624. The predicted molar refractivity (Wildman–Crippen MR) is 106 cm³/mol. The van der Waals surface area contributed by atoms with Gasteiger partial charge in [-0.2, -0.15) is 8.42 Å². The highest BCUT2D eigenvalue weighted by molar-refractivity contribution is 7.90. The molecule has 2 aromatic rings. The van der Waals surface area contributed by atoms with E-state index >= 15 is 0 Å². The molecule has 2 heterocycles. The van der Waals surface area contributed by atoms with Gasteiger partial charge in [-0.15, -0.1) is 4.40 Å². The minimum absolute atomic E-state index is 0.0736. The maximum Gasteiger partial charge on any atom is 0.329 e. The first-order valence-electron chi connectivity index (χ1n) is 9.08. The summed E-state index contributed by atoms with van der Waals surface area (Å²) in [5, 5.41) is 0.538. The van der Waals surface area contributed by atoms with E-state index in [2.05, 4.69) is 4.40 Å². The smallest absolute Gasteiger partial charge is 0.329 e. The molecule has 0 spiro atoms. The van der Waals surface area contributed by atoms with Gasteiger partial charge in [-0.25, -0.2) is 4.79 Å². The van der Waals surface area contributed by atoms with Gasteiger partial charge in [-0.05, 0) is 37.5 Å². The van der Waals surface area contributed by atoms with Gasteiger partial charge in [0.2, 0.25) is 0 Å². The molecule has 0 radical (unpaired) electrons. The SMILES string of the molecule is O=C(OCc1ccccc1Cl)[C@H]1CCCCN1C1=NS(=O)(=O)c2ccccc21. The topological polar surface area (TPSA) is 76.0 Å². The van der Waals surface area contributed by atoms with E-state index in [9.17, 15) is 13.2 Å². The van der Waals surface area contributed by atoms with E-state index in [1.54, 1.807) is 35.2 Å². The number of nitrogens with zero attached hydrogens (tertiary/aromatic N) is 2. The van der Waals surface area contributed by atoms with Crippen LogP contribution in [0.4, 0.5) is 0 Å². The van der Waals surface area contributed by atoms with Crippen molar-refractivity contribution < 1.29 is 17.9 Å². The standard InChI is InChI=1S/C20H19ClN2O4S/c21-16-9-3-1-7-14(16)13-27-20(24)17-10-5-6-12-23(17)19-15-8-2-4-11-18(15)28(25,26)22-19/h1-4,7-9,11,17H,5-6,10,12-13H2/t17-/m1/s1. The molecule has 0 unspecified atom stereocenters. The molecule has 4 rings (SSSR count). The Morgan fingerprint density at radius 3 is 2.71 bits per heavy atom. The Kier molecular flexibility index (Phi) is 5.12. The minimum atomic E-state index is -3.74. The van der Waals surface area contributed by atoms with Gasteiger partial charge in [0.15, 0.2) is 5.84 Å². The van der Waals surface area contributed by atoms with Crippen LogP contribution < -0.4 is 0 Å². The lowest BCUT2D eigenvalue weighted by atomic mass is 10.0. The summed E-state index contributed by atoms with van der Waals surface area (Å²) < 4.78 is 34.2. The molecule has 1 saturated heterocycles. The molecule has 8 heteroatoms. The van der Waals surface area contributed by atoms with Crippen LogP contribution in [0, 0.1) is 0 Å². The molecule has 1 atom stereocenters. The van der Waals surface area contributed by atoms with Gasteiger partial charge >= 0.3 is 5.97 Å². The summed E-state index contributed by atoms with van der Waals surface area (Å²) in [6.07, 6.45) is 2.31. The molecule has 2 aliphatic heterocycles. The van der Waals surface area contributed by atoms with Crippen LogP contribution in [0.3, 0.4) is 0 Å². The van der Waals surface area contributed by atoms with E-state index in [4.69, 9.17) is 16.3 Å². The first kappa shape index (κ1) is 19.0. The number of carbonyl (C=O) groups excluding carboxylic acids is 1. The predicted octanol–water partition coefficient (Wildman–Crippen LogP) is 3.39. The second-order valence-electron chi connectivity index (χ2n) is 6.79. The Morgan fingerprint density at radius 1 is 1.14 bits per heavy atom. The molecular formula is C20H19ClN2O4S. The second-order valence-corrected chi connectivity index (χ2v) is 8.77. The lowest BCUT2D eigenvalue weighted by Gasteiger charge is -2.35. The summed E-state index contributed by atoms with van der Waals surface area (Å²) in [4.78, 5) is 14.8. The number of halogens is 1. The summed E-state index contributed by atoms with van der Waals surface area (Å²) >= 11 is 6.13. The maximum absolute atomic E-state index is 12.8. The fraction of sp³-hybridized carbons (Fsp3) is 0.300. The summed E-state index contributed by atoms with van der Waals surface area (Å²) in [7, 11) is -3.74. The summed E-state index contributed by atoms with van der Waals surface area (Å²) in [5.74, 6) is -0.0703. The highest BCUT2D eigenvalue weighted by Gasteiger charge is 2.38. The molecule has 0 aromatic heterocycles. The number of fused-ring (bicyclic) bond motifs is 1. The molecule has 1 fully saturated rings. The quantitative estimate of drug-likeness (QED) is 0.714. The molecule has 2 aromatic carbocycles. The third-order valence-electron chi connectivity index (χ3n) is 4.99. The largest absolute Gasteiger partial charge is 0.459 e. The van der Waals surface area contributed by atoms with Crippen molar-refractivity contribution in [2.24, 2.45) is 4.40 Å². The number of hydrogen-bond acceptors (Lipinski definition) is 5. The lowest BCUT2D eigenvalue weighted by molar-refractivity contribution is -0.150. The van der Waals surface area contributed by atoms with Crippen LogP contribution in [-0.4, -0.2) is 37.7 Å². The van der Waals surface area contributed by atoms with Gasteiger partial charge in [0.25, 0.3) is 10.0 Å². The molecule has 6 nitrogen and oxygen atoms in total. The van der Waals surface area contributed by atoms with Crippen molar-refractivity contribution in [1.82, 2.24) is 4.90 Å². The van der Waals surface area contributed by atoms with Gasteiger partial charge in [0, 0.05) is 22.7 Å². The van der Waals surface area contributed by atoms with Gasteiger partial charge in [0.05, 0.1) is 0 Å². The van der Waals surface area contributed by atoms with Crippen LogP contribution in [0.25, 0.3) is 0 Å². The number of likely N-dealkylation sites (tertiary alicyclic amines) is 1. The normalized spacial score (nSPS) is 20.4. The molecular weight excluding hydrogens is 400 g/mol. The third-order valence-corrected chi connectivity index (χ3v) is 6.68. The van der Waals surface area contributed by atoms with Crippen LogP contribution in [-0.2, 0) is 26.2 Å². The van der Waals surface area contributed by atoms with Crippen molar-refractivity contribution in [2.75, 3.05) is 6.54 Å². The Bertz CT molecular complexity index is 1050. The van der Waals surface area contributed by atoms with Gasteiger partial charge < -0.3 is 9.64 Å². The summed E-state index contributed by atoms with van der Waals surface area (Å²) in [5.41, 5.74) is 1.26. The molecule has 28 heavy (non-hydrogen) atoms. The van der Waals surface area contributed by atoms with Crippen LogP contribution in [0.5, 0.6) is 0 Å². The average Bonchev–Trinajstić information content (AvgIpc) is 2.98. The number of hydrogen-bond donors (Lipinski definition) is 0. The minimum Gasteiger partial charge on any atom is -0.459 e. The summed E-state index contributed by atoms with van der Waals surface area (Å²) in [6, 6.07) is 13.3. The lowest BCUT2D eigenvalue weighted by Crippen LogP contribution is -2.48. The van der Waals surface area contributed by atoms with E-state index in [0.29, 0.717) is 29.4 Å². The Morgan fingerprint density at radius 2 is 1.89 bits per heavy atom. The van der Waals surface area contributed by atoms with Gasteiger partial charge in [-0.1, -0.05) is 41.9 Å². The molecule has 2 aliphatic rings. The molecule has 0 bridgehead atoms. The van der Waals surface area contributed by atoms with E-state index in [0.717, 1.165) is 18.4 Å². The molecule has 0 aliphatic carbocycles. The third kappa shape index (κ3) is 3.52. The van der Waals surface area contributed by atoms with Crippen LogP contribution in [0.2, 0.25) is 5.02 Å². The van der Waals surface area contributed by atoms with Crippen molar-refractivity contribution in [3.05, 3.63) is 64.7 Å². The zero-order valence-corrected chi connectivity index (χ0v) is 16.6. The number of ether oxygens (including phenoxy) is 1. The highest BCUT2D eigenvalue weighted by Crippen LogP contribution is 2.31. The second kappa shape index (κ2) is 7.56. The van der Waals surface area contributed by atoms with E-state index in [1.807, 2.05) is 12.1 Å². The maximum atomic E-state index is 12.8. The fourth-order valence-electron chi connectivity index (χ4n) is 3.59. The van der Waals surface area contributed by atoms with Crippen LogP contribution in [0.15, 0.2) is 57.8 Å². The zero-order valence-electron chi connectivity index (χ0n) is 15.0. The molecule has 0 amide bonds. The number of amidine groups is 1. The van der Waals surface area contributed by atoms with Crippen molar-refractivity contribution in [3.8, 4) is 0 Å². The number of piperidine rings is 1. The van der Waals surface area contributed by atoms with Crippen molar-refractivity contribution in [2.45, 2.75) is 36.8 Å². The Hall–Kier alpha value is -2.38. The van der Waals surface area contributed by atoms with Crippen molar-refractivity contribution in [3.63, 3.8) is 0 Å². The number of sulfonamides is 1. The first-order valence-corrected chi connectivity index (χ1v) is 10.9. The van der Waals surface area contributed by atoms with Gasteiger partial charge in [0.1, 0.15) is 17.5 Å². The number of benzene rings is 2. The van der Waals surface area contributed by atoms with Crippen molar-refractivity contribution >= 4 is 33.4 Å². The van der Waals surface area contributed by atoms with E-state index in [1.165, 1.54) is 6.07 Å².